The third-order valence-corrected chi connectivity index (χ3v) is 6.08. The van der Waals surface area contributed by atoms with Crippen molar-refractivity contribution in [2.75, 3.05) is 31.5 Å². The van der Waals surface area contributed by atoms with Crippen molar-refractivity contribution in [3.8, 4) is 0 Å². The quantitative estimate of drug-likeness (QED) is 0.645. The second-order valence-electron chi connectivity index (χ2n) is 8.31. The van der Waals surface area contributed by atoms with Crippen molar-refractivity contribution in [2.45, 2.75) is 33.1 Å². The Bertz CT molecular complexity index is 859. The average molecular weight is 444 g/mol. The predicted octanol–water partition coefficient (Wildman–Crippen LogP) is 5.18. The summed E-state index contributed by atoms with van der Waals surface area (Å²) in [5.74, 6) is 0.679. The molecule has 1 fully saturated rings. The maximum Gasteiger partial charge on any atom is 0.229 e. The summed E-state index contributed by atoms with van der Waals surface area (Å²) in [5, 5.41) is 4.62. The molecular formula is C24H30ClN3OS. The van der Waals surface area contributed by atoms with Gasteiger partial charge >= 0.3 is 0 Å². The van der Waals surface area contributed by atoms with E-state index in [1.165, 1.54) is 5.56 Å². The first-order valence-corrected chi connectivity index (χ1v) is 11.3. The van der Waals surface area contributed by atoms with Gasteiger partial charge < -0.3 is 15.1 Å². The van der Waals surface area contributed by atoms with E-state index < -0.39 is 0 Å². The fraction of sp³-hybridized carbons (Fsp3) is 0.417. The maximum atomic E-state index is 13.0. The fourth-order valence-corrected chi connectivity index (χ4v) is 4.12. The highest BCUT2D eigenvalue weighted by atomic mass is 35.5. The normalized spacial score (nSPS) is 15.2. The van der Waals surface area contributed by atoms with Crippen LogP contribution in [0.25, 0.3) is 0 Å². The summed E-state index contributed by atoms with van der Waals surface area (Å²) in [6, 6.07) is 16.0. The molecule has 0 spiro atoms. The van der Waals surface area contributed by atoms with E-state index in [1.54, 1.807) is 0 Å². The molecule has 1 aliphatic heterocycles. The average Bonchev–Trinajstić information content (AvgIpc) is 2.74. The molecule has 6 heteroatoms. The molecule has 0 aliphatic carbocycles. The number of thiocarbonyl (C=S) groups is 1. The van der Waals surface area contributed by atoms with Crippen LogP contribution in [0.3, 0.4) is 0 Å². The van der Waals surface area contributed by atoms with Gasteiger partial charge in [-0.3, -0.25) is 4.79 Å². The van der Waals surface area contributed by atoms with E-state index in [9.17, 15) is 4.79 Å². The smallest absolute Gasteiger partial charge is 0.229 e. The van der Waals surface area contributed by atoms with E-state index in [4.69, 9.17) is 23.8 Å². The van der Waals surface area contributed by atoms with Gasteiger partial charge in [0.2, 0.25) is 5.91 Å². The maximum absolute atomic E-state index is 13.0. The Labute approximate surface area is 190 Å². The number of piperazine rings is 1. The lowest BCUT2D eigenvalue weighted by molar-refractivity contribution is -0.133. The number of anilines is 1. The minimum atomic E-state index is -0.135. The monoisotopic (exact) mass is 443 g/mol. The number of halogens is 1. The van der Waals surface area contributed by atoms with Gasteiger partial charge in [0.05, 0.1) is 5.92 Å². The van der Waals surface area contributed by atoms with E-state index in [1.807, 2.05) is 36.1 Å². The molecule has 1 aliphatic rings. The highest BCUT2D eigenvalue weighted by molar-refractivity contribution is 7.80. The Morgan fingerprint density at radius 1 is 0.967 bits per heavy atom. The Balaban J connectivity index is 1.51. The zero-order valence-electron chi connectivity index (χ0n) is 17.9. The van der Waals surface area contributed by atoms with Gasteiger partial charge in [-0.15, -0.1) is 0 Å². The summed E-state index contributed by atoms with van der Waals surface area (Å²) >= 11 is 11.5. The van der Waals surface area contributed by atoms with Gasteiger partial charge in [-0.25, -0.2) is 0 Å². The lowest BCUT2D eigenvalue weighted by Crippen LogP contribution is -2.52. The van der Waals surface area contributed by atoms with Crippen molar-refractivity contribution in [3.05, 3.63) is 64.7 Å². The van der Waals surface area contributed by atoms with E-state index in [0.717, 1.165) is 30.8 Å². The lowest BCUT2D eigenvalue weighted by atomic mass is 9.95. The highest BCUT2D eigenvalue weighted by Gasteiger charge is 2.26. The number of amides is 1. The van der Waals surface area contributed by atoms with Crippen LogP contribution in [0.5, 0.6) is 0 Å². The molecule has 0 saturated carbocycles. The molecule has 2 aromatic carbocycles. The molecule has 1 saturated heterocycles. The number of hydrogen-bond acceptors (Lipinski definition) is 2. The zero-order valence-corrected chi connectivity index (χ0v) is 19.5. The Morgan fingerprint density at radius 3 is 2.10 bits per heavy atom. The first-order chi connectivity index (χ1) is 14.3. The van der Waals surface area contributed by atoms with Crippen LogP contribution in [0, 0.1) is 5.92 Å². The number of hydrogen-bond donors (Lipinski definition) is 1. The molecule has 1 N–H and O–H groups in total. The number of nitrogens with one attached hydrogen (secondary N) is 1. The molecule has 0 aromatic heterocycles. The van der Waals surface area contributed by atoms with Crippen LogP contribution < -0.4 is 5.32 Å². The van der Waals surface area contributed by atoms with Gasteiger partial charge in [-0.2, -0.15) is 0 Å². The zero-order chi connectivity index (χ0) is 21.7. The SMILES string of the molecule is CC(C)Cc1ccc(C(C)C(=O)N2CCN(C(=S)Nc3ccc(Cl)cc3)CC2)cc1. The summed E-state index contributed by atoms with van der Waals surface area (Å²) in [6.07, 6.45) is 1.06. The number of carbonyl (C=O) groups is 1. The van der Waals surface area contributed by atoms with E-state index in [2.05, 4.69) is 48.3 Å². The van der Waals surface area contributed by atoms with Crippen LogP contribution in [-0.2, 0) is 11.2 Å². The standard InChI is InChI=1S/C24H30ClN3OS/c1-17(2)16-19-4-6-20(7-5-19)18(3)23(29)27-12-14-28(15-13-27)24(30)26-22-10-8-21(25)9-11-22/h4-11,17-18H,12-16H2,1-3H3,(H,26,30). The Morgan fingerprint density at radius 2 is 1.53 bits per heavy atom. The van der Waals surface area contributed by atoms with E-state index in [0.29, 0.717) is 29.1 Å². The van der Waals surface area contributed by atoms with E-state index in [-0.39, 0.29) is 11.8 Å². The first-order valence-electron chi connectivity index (χ1n) is 10.5. The van der Waals surface area contributed by atoms with Gasteiger partial charge in [-0.1, -0.05) is 49.7 Å². The first kappa shape index (κ1) is 22.6. The third kappa shape index (κ3) is 5.96. The number of carbonyl (C=O) groups excluding carboxylic acids is 1. The Hall–Kier alpha value is -2.11. The molecule has 0 radical (unpaired) electrons. The predicted molar refractivity (Wildman–Crippen MR) is 129 cm³/mol. The molecule has 2 aromatic rings. The molecule has 1 atom stereocenters. The molecule has 0 bridgehead atoms. The van der Waals surface area contributed by atoms with Crippen molar-refractivity contribution in [1.82, 2.24) is 9.80 Å². The van der Waals surface area contributed by atoms with Crippen LogP contribution in [0.4, 0.5) is 5.69 Å². The van der Waals surface area contributed by atoms with Gasteiger partial charge in [0.1, 0.15) is 0 Å². The van der Waals surface area contributed by atoms with Crippen molar-refractivity contribution < 1.29 is 4.79 Å². The largest absolute Gasteiger partial charge is 0.345 e. The van der Waals surface area contributed by atoms with Crippen LogP contribution in [0.1, 0.15) is 37.8 Å². The number of benzene rings is 2. The van der Waals surface area contributed by atoms with Gasteiger partial charge in [0.15, 0.2) is 5.11 Å². The van der Waals surface area contributed by atoms with Crippen LogP contribution in [0.2, 0.25) is 5.02 Å². The molecule has 1 amide bonds. The van der Waals surface area contributed by atoms with Crippen molar-refractivity contribution in [3.63, 3.8) is 0 Å². The molecule has 1 unspecified atom stereocenters. The molecule has 30 heavy (non-hydrogen) atoms. The highest BCUT2D eigenvalue weighted by Crippen LogP contribution is 2.21. The number of rotatable bonds is 5. The van der Waals surface area contributed by atoms with E-state index >= 15 is 0 Å². The minimum absolute atomic E-state index is 0.135. The van der Waals surface area contributed by atoms with Crippen LogP contribution >= 0.6 is 23.8 Å². The van der Waals surface area contributed by atoms with Crippen molar-refractivity contribution in [2.24, 2.45) is 5.92 Å². The van der Waals surface area contributed by atoms with Crippen molar-refractivity contribution >= 4 is 40.5 Å². The van der Waals surface area contributed by atoms with Gasteiger partial charge in [0, 0.05) is 36.9 Å². The summed E-state index contributed by atoms with van der Waals surface area (Å²) in [5.41, 5.74) is 3.32. The van der Waals surface area contributed by atoms with Crippen molar-refractivity contribution in [1.29, 1.82) is 0 Å². The van der Waals surface area contributed by atoms with Gasteiger partial charge in [-0.05, 0) is 66.9 Å². The summed E-state index contributed by atoms with van der Waals surface area (Å²) in [7, 11) is 0. The number of nitrogens with zero attached hydrogens (tertiary/aromatic N) is 2. The van der Waals surface area contributed by atoms with Crippen LogP contribution in [-0.4, -0.2) is 47.0 Å². The minimum Gasteiger partial charge on any atom is -0.345 e. The second-order valence-corrected chi connectivity index (χ2v) is 9.13. The Kier molecular flexibility index (Phi) is 7.73. The van der Waals surface area contributed by atoms with Gasteiger partial charge in [0.25, 0.3) is 0 Å². The topological polar surface area (TPSA) is 35.6 Å². The third-order valence-electron chi connectivity index (χ3n) is 5.47. The molecule has 4 nitrogen and oxygen atoms in total. The lowest BCUT2D eigenvalue weighted by Gasteiger charge is -2.37. The fourth-order valence-electron chi connectivity index (χ4n) is 3.70. The second kappa shape index (κ2) is 10.3. The molecule has 1 heterocycles. The molecule has 160 valence electrons. The van der Waals surface area contributed by atoms with Crippen LogP contribution in [0.15, 0.2) is 48.5 Å². The summed E-state index contributed by atoms with van der Waals surface area (Å²) in [4.78, 5) is 17.1. The molecular weight excluding hydrogens is 414 g/mol. The summed E-state index contributed by atoms with van der Waals surface area (Å²) < 4.78 is 0. The summed E-state index contributed by atoms with van der Waals surface area (Å²) in [6.45, 7) is 9.25. The molecule has 3 rings (SSSR count).